The summed E-state index contributed by atoms with van der Waals surface area (Å²) in [4.78, 5) is 21.9. The molecule has 3 aromatic rings. The van der Waals surface area contributed by atoms with Crippen LogP contribution in [0.4, 0.5) is 19.1 Å². The van der Waals surface area contributed by atoms with Gasteiger partial charge in [0.2, 0.25) is 11.9 Å². The molecule has 0 unspecified atom stereocenters. The summed E-state index contributed by atoms with van der Waals surface area (Å²) in [5.74, 6) is 0.249. The second kappa shape index (κ2) is 11.2. The first-order chi connectivity index (χ1) is 19.3. The molecule has 1 aliphatic carbocycles. The molecule has 0 bridgehead atoms. The molecule has 2 N–H and O–H groups in total. The summed E-state index contributed by atoms with van der Waals surface area (Å²) in [7, 11) is 2.05. The van der Waals surface area contributed by atoms with Crippen LogP contribution in [-0.4, -0.2) is 96.7 Å². The zero-order valence-electron chi connectivity index (χ0n) is 24.0. The van der Waals surface area contributed by atoms with Crippen LogP contribution in [0.3, 0.4) is 0 Å². The molecule has 0 radical (unpaired) electrons. The fourth-order valence-corrected chi connectivity index (χ4v) is 5.86. The smallest absolute Gasteiger partial charge is 0.391 e. The van der Waals surface area contributed by atoms with Crippen molar-refractivity contribution in [3.05, 3.63) is 30.4 Å². The standard InChI is InChI=1S/C28H39F3N8O2/c1-18(14-28(29,30)31)34-26-32-16-24-22(13-23(39(24)35-26)19-5-7-21(40)8-6-19)20-15-33-38(17-20)27(2,3)25(41)37-11-9-36(4)10-12-37/h13,15-19,21,40H,5-12,14H2,1-4H3,(H,34,35)/t18-,19-,21-/m0/s1. The van der Waals surface area contributed by atoms with Crippen molar-refractivity contribution in [1.29, 1.82) is 0 Å². The highest BCUT2D eigenvalue weighted by Crippen LogP contribution is 2.38. The maximum Gasteiger partial charge on any atom is 0.391 e. The van der Waals surface area contributed by atoms with E-state index in [9.17, 15) is 23.1 Å². The summed E-state index contributed by atoms with van der Waals surface area (Å²) < 4.78 is 42.2. The van der Waals surface area contributed by atoms with Crippen LogP contribution in [0.5, 0.6) is 0 Å². The molecule has 2 aliphatic rings. The molecule has 0 spiro atoms. The number of piperazine rings is 1. The first-order valence-electron chi connectivity index (χ1n) is 14.3. The van der Waals surface area contributed by atoms with E-state index in [1.54, 1.807) is 21.6 Å². The van der Waals surface area contributed by atoms with Crippen molar-refractivity contribution in [2.24, 2.45) is 0 Å². The number of nitrogens with one attached hydrogen (secondary N) is 1. The van der Waals surface area contributed by atoms with Gasteiger partial charge in [-0.2, -0.15) is 18.3 Å². The number of aliphatic hydroxyl groups is 1. The third kappa shape index (κ3) is 6.35. The highest BCUT2D eigenvalue weighted by Gasteiger charge is 2.36. The van der Waals surface area contributed by atoms with Gasteiger partial charge in [-0.25, -0.2) is 9.50 Å². The van der Waals surface area contributed by atoms with Crippen LogP contribution in [0, 0.1) is 0 Å². The highest BCUT2D eigenvalue weighted by molar-refractivity contribution is 5.85. The van der Waals surface area contributed by atoms with E-state index in [-0.39, 0.29) is 23.9 Å². The lowest BCUT2D eigenvalue weighted by Crippen LogP contribution is -2.54. The van der Waals surface area contributed by atoms with Crippen LogP contribution in [0.2, 0.25) is 0 Å². The van der Waals surface area contributed by atoms with E-state index in [2.05, 4.69) is 25.4 Å². The van der Waals surface area contributed by atoms with Gasteiger partial charge in [-0.1, -0.05) is 0 Å². The monoisotopic (exact) mass is 576 g/mol. The second-order valence-corrected chi connectivity index (χ2v) is 12.1. The Labute approximate surface area is 237 Å². The molecule has 3 aromatic heterocycles. The number of aromatic nitrogens is 5. The summed E-state index contributed by atoms with van der Waals surface area (Å²) in [6.07, 6.45) is 2.46. The Bertz CT molecular complexity index is 1370. The van der Waals surface area contributed by atoms with E-state index in [4.69, 9.17) is 0 Å². The van der Waals surface area contributed by atoms with Crippen molar-refractivity contribution in [2.75, 3.05) is 38.5 Å². The number of amides is 1. The molecule has 13 heteroatoms. The lowest BCUT2D eigenvalue weighted by atomic mass is 9.85. The van der Waals surface area contributed by atoms with Gasteiger partial charge in [-0.3, -0.25) is 9.48 Å². The van der Waals surface area contributed by atoms with Crippen LogP contribution in [0.15, 0.2) is 24.7 Å². The quantitative estimate of drug-likeness (QED) is 0.440. The van der Waals surface area contributed by atoms with Crippen molar-refractivity contribution in [1.82, 2.24) is 34.2 Å². The maximum atomic E-state index is 13.5. The van der Waals surface area contributed by atoms with Gasteiger partial charge in [-0.05, 0) is 59.6 Å². The molecule has 224 valence electrons. The van der Waals surface area contributed by atoms with Crippen LogP contribution >= 0.6 is 0 Å². The molecule has 1 saturated carbocycles. The number of likely N-dealkylation sites (N-methyl/N-ethyl adjacent to an activating group) is 1. The lowest BCUT2D eigenvalue weighted by molar-refractivity contribution is -0.141. The van der Waals surface area contributed by atoms with Crippen molar-refractivity contribution in [3.8, 4) is 11.1 Å². The van der Waals surface area contributed by atoms with Gasteiger partial charge in [0.05, 0.1) is 30.4 Å². The van der Waals surface area contributed by atoms with Crippen LogP contribution in [-0.2, 0) is 10.3 Å². The van der Waals surface area contributed by atoms with E-state index >= 15 is 0 Å². The molecule has 1 amide bonds. The number of anilines is 1. The van der Waals surface area contributed by atoms with Crippen molar-refractivity contribution < 1.29 is 23.1 Å². The van der Waals surface area contributed by atoms with Crippen LogP contribution < -0.4 is 5.32 Å². The molecular formula is C28H39F3N8O2. The molecule has 2 fully saturated rings. The summed E-state index contributed by atoms with van der Waals surface area (Å²) in [5.41, 5.74) is 2.33. The fourth-order valence-electron chi connectivity index (χ4n) is 5.86. The predicted octanol–water partition coefficient (Wildman–Crippen LogP) is 3.87. The first-order valence-corrected chi connectivity index (χ1v) is 14.3. The zero-order valence-corrected chi connectivity index (χ0v) is 24.0. The molecule has 1 saturated heterocycles. The summed E-state index contributed by atoms with van der Waals surface area (Å²) >= 11 is 0. The van der Waals surface area contributed by atoms with Crippen LogP contribution in [0.25, 0.3) is 16.6 Å². The van der Waals surface area contributed by atoms with Gasteiger partial charge in [0.15, 0.2) is 0 Å². The molecule has 4 heterocycles. The zero-order chi connectivity index (χ0) is 29.5. The normalized spacial score (nSPS) is 21.8. The maximum absolute atomic E-state index is 13.5. The Kier molecular flexibility index (Phi) is 8.03. The Morgan fingerprint density at radius 2 is 1.80 bits per heavy atom. The highest BCUT2D eigenvalue weighted by atomic mass is 19.4. The van der Waals surface area contributed by atoms with E-state index in [0.717, 1.165) is 42.8 Å². The number of carbonyl (C=O) groups is 1. The third-order valence-electron chi connectivity index (χ3n) is 8.35. The number of hydrogen-bond acceptors (Lipinski definition) is 7. The average molecular weight is 577 g/mol. The van der Waals surface area contributed by atoms with Crippen molar-refractivity contribution >= 4 is 17.4 Å². The number of aliphatic hydroxyl groups excluding tert-OH is 1. The van der Waals surface area contributed by atoms with Gasteiger partial charge in [0.25, 0.3) is 0 Å². The topological polar surface area (TPSA) is 104 Å². The Balaban J connectivity index is 1.47. The van der Waals surface area contributed by atoms with E-state index in [1.165, 1.54) is 6.92 Å². The molecule has 5 rings (SSSR count). The minimum absolute atomic E-state index is 0.00969. The van der Waals surface area contributed by atoms with Gasteiger partial charge in [-0.15, -0.1) is 5.10 Å². The van der Waals surface area contributed by atoms with Crippen molar-refractivity contribution in [3.63, 3.8) is 0 Å². The van der Waals surface area contributed by atoms with E-state index in [0.29, 0.717) is 31.4 Å². The predicted molar refractivity (Wildman–Crippen MR) is 149 cm³/mol. The summed E-state index contributed by atoms with van der Waals surface area (Å²) in [6, 6.07) is 1.14. The molecule has 1 atom stereocenters. The number of nitrogens with zero attached hydrogens (tertiary/aromatic N) is 7. The first kappa shape index (κ1) is 29.3. The fraction of sp³-hybridized carbons (Fsp3) is 0.643. The van der Waals surface area contributed by atoms with Gasteiger partial charge in [0.1, 0.15) is 5.54 Å². The molecule has 1 aliphatic heterocycles. The van der Waals surface area contributed by atoms with E-state index in [1.807, 2.05) is 38.1 Å². The number of fused-ring (bicyclic) bond motifs is 1. The van der Waals surface area contributed by atoms with E-state index < -0.39 is 24.2 Å². The molecular weight excluding hydrogens is 537 g/mol. The third-order valence-corrected chi connectivity index (χ3v) is 8.35. The lowest BCUT2D eigenvalue weighted by Gasteiger charge is -2.37. The molecule has 0 aromatic carbocycles. The average Bonchev–Trinajstić information content (AvgIpc) is 3.54. The van der Waals surface area contributed by atoms with Gasteiger partial charge < -0.3 is 20.2 Å². The summed E-state index contributed by atoms with van der Waals surface area (Å²) in [5, 5.41) is 22.0. The van der Waals surface area contributed by atoms with Crippen LogP contribution in [0.1, 0.15) is 64.5 Å². The largest absolute Gasteiger partial charge is 0.393 e. The Morgan fingerprint density at radius 3 is 2.46 bits per heavy atom. The molecule has 41 heavy (non-hydrogen) atoms. The number of rotatable bonds is 7. The Morgan fingerprint density at radius 1 is 1.12 bits per heavy atom. The van der Waals surface area contributed by atoms with Gasteiger partial charge in [0, 0.05) is 61.2 Å². The SMILES string of the molecule is C[C@@H](CC(F)(F)F)Nc1ncc2c(-c3cnn(C(C)(C)C(=O)N4CCN(C)CC4)c3)cc([C@H]3CC[C@H](O)CC3)n2n1. The number of halogens is 3. The number of carbonyl (C=O) groups excluding carboxylic acids is 1. The molecule has 10 nitrogen and oxygen atoms in total. The van der Waals surface area contributed by atoms with Gasteiger partial charge >= 0.3 is 6.18 Å². The summed E-state index contributed by atoms with van der Waals surface area (Å²) in [6.45, 7) is 8.18. The second-order valence-electron chi connectivity index (χ2n) is 12.1. The number of hydrogen-bond donors (Lipinski definition) is 2. The van der Waals surface area contributed by atoms with Crippen molar-refractivity contribution in [2.45, 2.75) is 82.7 Å². The number of alkyl halides is 3. The minimum atomic E-state index is -4.30. The minimum Gasteiger partial charge on any atom is -0.393 e. The Hall–Kier alpha value is -3.19.